The Morgan fingerprint density at radius 3 is 1.09 bits per heavy atom. The van der Waals surface area contributed by atoms with Crippen molar-refractivity contribution in [2.75, 3.05) is 13.1 Å². The predicted molar refractivity (Wildman–Crippen MR) is 154 cm³/mol. The first kappa shape index (κ1) is 28.6. The van der Waals surface area contributed by atoms with E-state index >= 15 is 0 Å². The van der Waals surface area contributed by atoms with E-state index in [4.69, 9.17) is 0 Å². The molecule has 0 amide bonds. The van der Waals surface area contributed by atoms with Gasteiger partial charge in [-0.25, -0.2) is 0 Å². The highest BCUT2D eigenvalue weighted by Gasteiger charge is 2.31. The number of benzene rings is 2. The summed E-state index contributed by atoms with van der Waals surface area (Å²) in [5.74, 6) is 0. The summed E-state index contributed by atoms with van der Waals surface area (Å²) in [5, 5.41) is 0. The van der Waals surface area contributed by atoms with Gasteiger partial charge in [-0.1, -0.05) is 140 Å². The van der Waals surface area contributed by atoms with Crippen LogP contribution in [0.15, 0.2) is 60.7 Å². The molecular weight excluding hydrogens is 410 g/mol. The van der Waals surface area contributed by atoms with Gasteiger partial charge < -0.3 is 0 Å². The monoisotopic (exact) mass is 464 g/mol. The van der Waals surface area contributed by atoms with E-state index in [1.807, 2.05) is 0 Å². The van der Waals surface area contributed by atoms with E-state index in [0.29, 0.717) is 0 Å². The van der Waals surface area contributed by atoms with Crippen molar-refractivity contribution in [1.29, 1.82) is 0 Å². The van der Waals surface area contributed by atoms with Crippen LogP contribution in [-0.2, 0) is 0 Å². The maximum absolute atomic E-state index is 2.33. The molecule has 1 heteroatoms. The normalized spacial score (nSPS) is 11.7. The van der Waals surface area contributed by atoms with Crippen molar-refractivity contribution in [3.05, 3.63) is 60.7 Å². The number of rotatable bonds is 21. The fourth-order valence-electron chi connectivity index (χ4n) is 5.52. The Morgan fingerprint density at radius 1 is 0.382 bits per heavy atom. The number of nitrogens with zero attached hydrogens (tertiary/aromatic N) is 1. The van der Waals surface area contributed by atoms with Crippen molar-refractivity contribution in [2.24, 2.45) is 0 Å². The van der Waals surface area contributed by atoms with Gasteiger partial charge in [-0.3, -0.25) is 4.48 Å². The van der Waals surface area contributed by atoms with Crippen LogP contribution in [0.5, 0.6) is 0 Å². The van der Waals surface area contributed by atoms with Gasteiger partial charge in [0.05, 0.1) is 13.1 Å². The zero-order valence-electron chi connectivity index (χ0n) is 22.7. The van der Waals surface area contributed by atoms with E-state index in [1.54, 1.807) is 0 Å². The first-order valence-electron chi connectivity index (χ1n) is 14.8. The molecule has 2 aromatic rings. The lowest BCUT2D eigenvalue weighted by Gasteiger charge is -2.38. The van der Waals surface area contributed by atoms with E-state index in [0.717, 1.165) is 4.48 Å². The summed E-state index contributed by atoms with van der Waals surface area (Å²) in [7, 11) is 0. The number of para-hydroxylation sites is 2. The third-order valence-electron chi connectivity index (χ3n) is 7.50. The molecule has 2 aromatic carbocycles. The first-order chi connectivity index (χ1) is 16.8. The quantitative estimate of drug-likeness (QED) is 0.127. The largest absolute Gasteiger partial charge is 0.259 e. The van der Waals surface area contributed by atoms with Gasteiger partial charge in [-0.05, 0) is 43.5 Å². The molecule has 0 saturated heterocycles. The summed E-state index contributed by atoms with van der Waals surface area (Å²) in [4.78, 5) is 0. The van der Waals surface area contributed by atoms with Crippen LogP contribution < -0.4 is 4.48 Å². The van der Waals surface area contributed by atoms with Crippen LogP contribution in [-0.4, -0.2) is 13.1 Å². The molecule has 34 heavy (non-hydrogen) atoms. The Hall–Kier alpha value is -1.60. The minimum absolute atomic E-state index is 0.997. The maximum atomic E-state index is 2.33. The van der Waals surface area contributed by atoms with Crippen LogP contribution in [0.1, 0.15) is 123 Å². The SMILES string of the molecule is CCCCCCCCCCCCCCCCCC[N+](CCC)(c1ccccc1)c1ccccc1. The second kappa shape index (κ2) is 18.7. The fourth-order valence-corrected chi connectivity index (χ4v) is 5.52. The molecule has 0 unspecified atom stereocenters. The van der Waals surface area contributed by atoms with E-state index in [-0.39, 0.29) is 0 Å². The molecule has 0 fully saturated rings. The van der Waals surface area contributed by atoms with Crippen molar-refractivity contribution in [3.63, 3.8) is 0 Å². The second-order valence-corrected chi connectivity index (χ2v) is 10.4. The fraction of sp³-hybridized carbons (Fsp3) is 0.636. The Kier molecular flexibility index (Phi) is 15.7. The molecule has 0 bridgehead atoms. The number of quaternary nitrogens is 1. The lowest BCUT2D eigenvalue weighted by Crippen LogP contribution is -2.45. The molecule has 0 N–H and O–H groups in total. The standard InChI is InChI=1S/C33H54N/c1-3-5-6-7-8-9-10-11-12-13-14-15-16-17-18-25-31-34(30-4-2,32-26-21-19-22-27-32)33-28-23-20-24-29-33/h19-24,26-29H,3-18,25,30-31H2,1-2H3/q+1. The molecular formula is C33H54N+. The van der Waals surface area contributed by atoms with Crippen LogP contribution in [0.25, 0.3) is 0 Å². The highest BCUT2D eigenvalue weighted by atomic mass is 15.4. The molecule has 0 aliphatic carbocycles. The van der Waals surface area contributed by atoms with E-state index in [9.17, 15) is 0 Å². The first-order valence-corrected chi connectivity index (χ1v) is 14.8. The highest BCUT2D eigenvalue weighted by molar-refractivity contribution is 5.58. The predicted octanol–water partition coefficient (Wildman–Crippen LogP) is 11.0. The Labute approximate surface area is 212 Å². The Morgan fingerprint density at radius 2 is 0.735 bits per heavy atom. The van der Waals surface area contributed by atoms with Crippen LogP contribution in [0.2, 0.25) is 0 Å². The minimum Gasteiger partial charge on any atom is -0.259 e. The molecule has 0 atom stereocenters. The summed E-state index contributed by atoms with van der Waals surface area (Å²) in [6.07, 6.45) is 24.0. The molecule has 0 aliphatic rings. The van der Waals surface area contributed by atoms with Crippen LogP contribution in [0.3, 0.4) is 0 Å². The van der Waals surface area contributed by atoms with Crippen molar-refractivity contribution in [3.8, 4) is 0 Å². The average Bonchev–Trinajstić information content (AvgIpc) is 2.89. The molecule has 0 aromatic heterocycles. The van der Waals surface area contributed by atoms with E-state index < -0.39 is 0 Å². The van der Waals surface area contributed by atoms with Crippen LogP contribution >= 0.6 is 0 Å². The Balaban J connectivity index is 1.62. The summed E-state index contributed by atoms with van der Waals surface area (Å²) in [6, 6.07) is 22.4. The van der Waals surface area contributed by atoms with Gasteiger partial charge in [0.1, 0.15) is 11.4 Å². The van der Waals surface area contributed by atoms with Crippen molar-refractivity contribution < 1.29 is 0 Å². The highest BCUT2D eigenvalue weighted by Crippen LogP contribution is 2.35. The molecule has 0 aliphatic heterocycles. The van der Waals surface area contributed by atoms with Crippen molar-refractivity contribution in [1.82, 2.24) is 4.48 Å². The third-order valence-corrected chi connectivity index (χ3v) is 7.50. The van der Waals surface area contributed by atoms with Gasteiger partial charge in [0.2, 0.25) is 0 Å². The zero-order valence-corrected chi connectivity index (χ0v) is 22.7. The van der Waals surface area contributed by atoms with Gasteiger partial charge in [-0.2, -0.15) is 0 Å². The summed E-state index contributed by atoms with van der Waals surface area (Å²) >= 11 is 0. The van der Waals surface area contributed by atoms with Gasteiger partial charge in [0, 0.05) is 0 Å². The lowest BCUT2D eigenvalue weighted by atomic mass is 10.0. The minimum atomic E-state index is 0.997. The van der Waals surface area contributed by atoms with E-state index in [1.165, 1.54) is 134 Å². The average molecular weight is 465 g/mol. The lowest BCUT2D eigenvalue weighted by molar-refractivity contribution is 0.365. The third kappa shape index (κ3) is 10.8. The Bertz CT molecular complexity index is 654. The number of hydrogen-bond acceptors (Lipinski definition) is 0. The second-order valence-electron chi connectivity index (χ2n) is 10.4. The molecule has 0 saturated carbocycles. The topological polar surface area (TPSA) is 0 Å². The molecule has 190 valence electrons. The maximum Gasteiger partial charge on any atom is 0.137 e. The van der Waals surface area contributed by atoms with Gasteiger partial charge in [-0.15, -0.1) is 0 Å². The van der Waals surface area contributed by atoms with E-state index in [2.05, 4.69) is 74.5 Å². The number of hydrogen-bond donors (Lipinski definition) is 0. The summed E-state index contributed by atoms with van der Waals surface area (Å²) in [5.41, 5.74) is 2.88. The molecule has 0 heterocycles. The molecule has 2 rings (SSSR count). The van der Waals surface area contributed by atoms with Gasteiger partial charge >= 0.3 is 0 Å². The summed E-state index contributed by atoms with van der Waals surface area (Å²) in [6.45, 7) is 7.01. The smallest absolute Gasteiger partial charge is 0.137 e. The van der Waals surface area contributed by atoms with Crippen molar-refractivity contribution >= 4 is 11.4 Å². The van der Waals surface area contributed by atoms with Gasteiger partial charge in [0.25, 0.3) is 0 Å². The zero-order chi connectivity index (χ0) is 24.2. The van der Waals surface area contributed by atoms with Gasteiger partial charge in [0.15, 0.2) is 0 Å². The molecule has 0 spiro atoms. The number of unbranched alkanes of at least 4 members (excludes halogenated alkanes) is 15. The molecule has 1 nitrogen and oxygen atoms in total. The van der Waals surface area contributed by atoms with Crippen molar-refractivity contribution in [2.45, 2.75) is 123 Å². The van der Waals surface area contributed by atoms with Crippen LogP contribution in [0.4, 0.5) is 11.4 Å². The van der Waals surface area contributed by atoms with Crippen LogP contribution in [0, 0.1) is 0 Å². The molecule has 0 radical (unpaired) electrons. The summed E-state index contributed by atoms with van der Waals surface area (Å²) < 4.78 is 0.997.